The highest BCUT2D eigenvalue weighted by atomic mass is 32.2. The van der Waals surface area contributed by atoms with Gasteiger partial charge >= 0.3 is 0 Å². The Hall–Kier alpha value is -2.65. The van der Waals surface area contributed by atoms with Crippen molar-refractivity contribution in [2.45, 2.75) is 16.5 Å². The number of amides is 1. The number of benzene rings is 2. The summed E-state index contributed by atoms with van der Waals surface area (Å²) in [5, 5.41) is 13.3. The lowest BCUT2D eigenvalue weighted by molar-refractivity contribution is -0.384. The molecule has 0 radical (unpaired) electrons. The molecule has 1 aromatic heterocycles. The highest BCUT2D eigenvalue weighted by Gasteiger charge is 2.19. The molecule has 1 N–H and O–H groups in total. The molecule has 1 atom stereocenters. The zero-order valence-corrected chi connectivity index (χ0v) is 15.6. The van der Waals surface area contributed by atoms with E-state index >= 15 is 0 Å². The van der Waals surface area contributed by atoms with Crippen molar-refractivity contribution in [2.24, 2.45) is 0 Å². The lowest BCUT2D eigenvalue weighted by Gasteiger charge is -2.13. The fraction of sp³-hybridized carbons (Fsp3) is 0.176. The molecule has 0 aliphatic carbocycles. The summed E-state index contributed by atoms with van der Waals surface area (Å²) in [4.78, 5) is 27.3. The molecule has 3 aromatic rings. The van der Waals surface area contributed by atoms with Crippen LogP contribution in [0.4, 0.5) is 11.4 Å². The third-order valence-electron chi connectivity index (χ3n) is 3.57. The molecule has 9 heteroatoms. The van der Waals surface area contributed by atoms with Gasteiger partial charge in [-0.2, -0.15) is 0 Å². The average molecular weight is 389 g/mol. The van der Waals surface area contributed by atoms with Crippen molar-refractivity contribution in [3.63, 3.8) is 0 Å². The van der Waals surface area contributed by atoms with Gasteiger partial charge in [0.1, 0.15) is 5.75 Å². The number of para-hydroxylation sites is 2. The zero-order chi connectivity index (χ0) is 18.7. The normalized spacial score (nSPS) is 11.9. The zero-order valence-electron chi connectivity index (χ0n) is 14.0. The number of rotatable bonds is 6. The van der Waals surface area contributed by atoms with E-state index in [1.807, 2.05) is 12.1 Å². The van der Waals surface area contributed by atoms with Crippen LogP contribution in [0.5, 0.6) is 5.75 Å². The van der Waals surface area contributed by atoms with Gasteiger partial charge in [0, 0.05) is 12.1 Å². The summed E-state index contributed by atoms with van der Waals surface area (Å²) in [5.41, 5.74) is 1.31. The minimum absolute atomic E-state index is 0.0275. The predicted octanol–water partition coefficient (Wildman–Crippen LogP) is 4.33. The highest BCUT2D eigenvalue weighted by Crippen LogP contribution is 2.34. The molecular weight excluding hydrogens is 374 g/mol. The maximum atomic E-state index is 12.4. The summed E-state index contributed by atoms with van der Waals surface area (Å²) in [6.45, 7) is 1.78. The van der Waals surface area contributed by atoms with Gasteiger partial charge in [-0.15, -0.1) is 11.3 Å². The number of non-ortho nitro benzene ring substituents is 1. The molecule has 7 nitrogen and oxygen atoms in total. The summed E-state index contributed by atoms with van der Waals surface area (Å²) < 4.78 is 6.63. The summed E-state index contributed by atoms with van der Waals surface area (Å²) in [5.74, 6) is 0.412. The van der Waals surface area contributed by atoms with Crippen molar-refractivity contribution in [3.05, 3.63) is 52.6 Å². The van der Waals surface area contributed by atoms with Gasteiger partial charge in [0.25, 0.3) is 5.69 Å². The first-order valence-electron chi connectivity index (χ1n) is 7.63. The number of carbonyl (C=O) groups is 1. The molecule has 0 aliphatic heterocycles. The maximum Gasteiger partial charge on any atom is 0.270 e. The summed E-state index contributed by atoms with van der Waals surface area (Å²) in [6, 6.07) is 11.7. The smallest absolute Gasteiger partial charge is 0.270 e. The molecule has 0 fully saturated rings. The third-order valence-corrected chi connectivity index (χ3v) is 5.79. The molecule has 0 unspecified atom stereocenters. The molecule has 0 aliphatic rings. The van der Waals surface area contributed by atoms with Crippen LogP contribution in [0, 0.1) is 10.1 Å². The summed E-state index contributed by atoms with van der Waals surface area (Å²) in [7, 11) is 1.55. The highest BCUT2D eigenvalue weighted by molar-refractivity contribution is 8.02. The number of carbonyl (C=O) groups excluding carboxylic acids is 1. The fourth-order valence-corrected chi connectivity index (χ4v) is 4.49. The van der Waals surface area contributed by atoms with Crippen molar-refractivity contribution in [1.29, 1.82) is 0 Å². The number of nitrogens with zero attached hydrogens (tertiary/aromatic N) is 2. The van der Waals surface area contributed by atoms with E-state index < -0.39 is 10.2 Å². The van der Waals surface area contributed by atoms with Crippen LogP contribution >= 0.6 is 23.1 Å². The molecule has 2 aromatic carbocycles. The first-order valence-corrected chi connectivity index (χ1v) is 9.33. The molecule has 3 rings (SSSR count). The number of nitrogens with one attached hydrogen (secondary N) is 1. The monoisotopic (exact) mass is 389 g/mol. The van der Waals surface area contributed by atoms with Crippen LogP contribution in [0.1, 0.15) is 6.92 Å². The Morgan fingerprint density at radius 3 is 2.85 bits per heavy atom. The Labute approximate surface area is 157 Å². The number of ether oxygens (including phenoxy) is 1. The van der Waals surface area contributed by atoms with Gasteiger partial charge in [-0.3, -0.25) is 14.9 Å². The van der Waals surface area contributed by atoms with E-state index in [0.717, 1.165) is 4.70 Å². The Balaban J connectivity index is 1.72. The first kappa shape index (κ1) is 18.2. The number of methoxy groups -OCH3 is 1. The fourth-order valence-electron chi connectivity index (χ4n) is 2.24. The number of hydrogen-bond donors (Lipinski definition) is 1. The minimum Gasteiger partial charge on any atom is -0.495 e. The molecule has 26 heavy (non-hydrogen) atoms. The van der Waals surface area contributed by atoms with Crippen molar-refractivity contribution >= 4 is 50.6 Å². The van der Waals surface area contributed by atoms with E-state index in [2.05, 4.69) is 10.3 Å². The topological polar surface area (TPSA) is 94.4 Å². The number of nitro benzene ring substituents is 1. The number of aromatic nitrogens is 1. The number of hydrogen-bond acceptors (Lipinski definition) is 7. The lowest BCUT2D eigenvalue weighted by atomic mass is 10.3. The Bertz CT molecular complexity index is 974. The SMILES string of the molecule is COc1ccccc1NC(=O)[C@H](C)Sc1nc2ccc([N+](=O)[O-])cc2s1. The second kappa shape index (κ2) is 7.71. The number of thiazole rings is 1. The molecule has 0 saturated carbocycles. The van der Waals surface area contributed by atoms with Crippen LogP contribution in [0.15, 0.2) is 46.8 Å². The van der Waals surface area contributed by atoms with E-state index in [1.54, 1.807) is 32.2 Å². The first-order chi connectivity index (χ1) is 12.5. The van der Waals surface area contributed by atoms with Gasteiger partial charge in [-0.25, -0.2) is 4.98 Å². The quantitative estimate of drug-likeness (QED) is 0.383. The third kappa shape index (κ3) is 3.94. The molecule has 0 bridgehead atoms. The van der Waals surface area contributed by atoms with E-state index in [1.165, 1.54) is 35.2 Å². The van der Waals surface area contributed by atoms with Gasteiger partial charge in [-0.05, 0) is 25.1 Å². The van der Waals surface area contributed by atoms with Crippen LogP contribution in [0.2, 0.25) is 0 Å². The number of anilines is 1. The minimum atomic E-state index is -0.435. The van der Waals surface area contributed by atoms with Crippen molar-refractivity contribution in [2.75, 3.05) is 12.4 Å². The van der Waals surface area contributed by atoms with Gasteiger partial charge < -0.3 is 10.1 Å². The predicted molar refractivity (Wildman–Crippen MR) is 103 cm³/mol. The Morgan fingerprint density at radius 1 is 1.35 bits per heavy atom. The number of thioether (sulfide) groups is 1. The van der Waals surface area contributed by atoms with E-state index in [0.29, 0.717) is 21.3 Å². The Kier molecular flexibility index (Phi) is 5.38. The van der Waals surface area contributed by atoms with Crippen molar-refractivity contribution < 1.29 is 14.5 Å². The van der Waals surface area contributed by atoms with Gasteiger partial charge in [0.2, 0.25) is 5.91 Å². The van der Waals surface area contributed by atoms with Crippen LogP contribution in [0.25, 0.3) is 10.2 Å². The van der Waals surface area contributed by atoms with Crippen molar-refractivity contribution in [3.8, 4) is 5.75 Å². The second-order valence-corrected chi connectivity index (χ2v) is 7.96. The second-order valence-electron chi connectivity index (χ2n) is 5.34. The van der Waals surface area contributed by atoms with E-state index in [4.69, 9.17) is 4.74 Å². The van der Waals surface area contributed by atoms with Crippen LogP contribution in [-0.4, -0.2) is 28.2 Å². The van der Waals surface area contributed by atoms with Gasteiger partial charge in [0.15, 0.2) is 4.34 Å². The Morgan fingerprint density at radius 2 is 2.12 bits per heavy atom. The molecule has 1 amide bonds. The lowest BCUT2D eigenvalue weighted by Crippen LogP contribution is -2.22. The van der Waals surface area contributed by atoms with E-state index in [-0.39, 0.29) is 11.6 Å². The molecule has 0 saturated heterocycles. The molecule has 0 spiro atoms. The van der Waals surface area contributed by atoms with Gasteiger partial charge in [-0.1, -0.05) is 23.9 Å². The largest absolute Gasteiger partial charge is 0.495 e. The molecule has 134 valence electrons. The summed E-state index contributed by atoms with van der Waals surface area (Å²) >= 11 is 2.64. The van der Waals surface area contributed by atoms with Gasteiger partial charge in [0.05, 0.1) is 33.2 Å². The van der Waals surface area contributed by atoms with Crippen LogP contribution < -0.4 is 10.1 Å². The molecule has 1 heterocycles. The summed E-state index contributed by atoms with van der Waals surface area (Å²) in [6.07, 6.45) is 0. The number of nitro groups is 1. The standard InChI is InChI=1S/C17H15N3O4S2/c1-10(16(21)18-12-5-3-4-6-14(12)24-2)25-17-19-13-8-7-11(20(22)23)9-15(13)26-17/h3-10H,1-2H3,(H,18,21)/t10-/m0/s1. The number of fused-ring (bicyclic) bond motifs is 1. The average Bonchev–Trinajstić information content (AvgIpc) is 3.03. The molecular formula is C17H15N3O4S2. The van der Waals surface area contributed by atoms with Crippen LogP contribution in [0.3, 0.4) is 0 Å². The van der Waals surface area contributed by atoms with E-state index in [9.17, 15) is 14.9 Å². The van der Waals surface area contributed by atoms with Crippen LogP contribution in [-0.2, 0) is 4.79 Å². The van der Waals surface area contributed by atoms with Crippen molar-refractivity contribution in [1.82, 2.24) is 4.98 Å². The maximum absolute atomic E-state index is 12.4.